The van der Waals surface area contributed by atoms with Gasteiger partial charge < -0.3 is 15.3 Å². The molecule has 2 heterocycles. The molecule has 0 radical (unpaired) electrons. The number of urea groups is 1. The maximum absolute atomic E-state index is 13.2. The fraction of sp³-hybridized carbons (Fsp3) is 0.636. The highest BCUT2D eigenvalue weighted by atomic mass is 35.5. The molecule has 3 aliphatic rings. The molecule has 2 N–H and O–H groups in total. The van der Waals surface area contributed by atoms with Crippen molar-refractivity contribution in [2.75, 3.05) is 31.1 Å². The van der Waals surface area contributed by atoms with Gasteiger partial charge in [0, 0.05) is 36.3 Å². The molecule has 7 heteroatoms. The van der Waals surface area contributed by atoms with E-state index in [1.165, 1.54) is 11.1 Å². The normalized spacial score (nSPS) is 25.1. The van der Waals surface area contributed by atoms with Crippen LogP contribution < -0.4 is 10.2 Å². The molecule has 0 bridgehead atoms. The summed E-state index contributed by atoms with van der Waals surface area (Å²) in [5.41, 5.74) is 3.38. The van der Waals surface area contributed by atoms with Crippen LogP contribution in [0, 0.1) is 5.92 Å². The second kappa shape index (κ2) is 8.92. The van der Waals surface area contributed by atoms with Crippen LogP contribution >= 0.6 is 11.6 Å². The summed E-state index contributed by atoms with van der Waals surface area (Å²) in [4.78, 5) is 27.9. The predicted molar refractivity (Wildman–Crippen MR) is 114 cm³/mol. The molecular weight excluding hydrogens is 390 g/mol. The van der Waals surface area contributed by atoms with Crippen LogP contribution in [0.1, 0.15) is 49.7 Å². The fourth-order valence-electron chi connectivity index (χ4n) is 5.10. The Morgan fingerprint density at radius 1 is 1.14 bits per heavy atom. The van der Waals surface area contributed by atoms with Gasteiger partial charge in [-0.15, -0.1) is 0 Å². The predicted octanol–water partition coefficient (Wildman–Crippen LogP) is 3.69. The van der Waals surface area contributed by atoms with Crippen molar-refractivity contribution >= 4 is 29.3 Å². The number of nitrogens with zero attached hydrogens (tertiary/aromatic N) is 2. The Kier molecular flexibility index (Phi) is 6.30. The number of hydrogen-bond donors (Lipinski definition) is 2. The molecule has 1 aromatic rings. The Labute approximate surface area is 177 Å². The summed E-state index contributed by atoms with van der Waals surface area (Å²) in [5.74, 6) is -0.235. The first-order valence-corrected chi connectivity index (χ1v) is 11.2. The number of halogens is 1. The van der Waals surface area contributed by atoms with Crippen LogP contribution in [0.2, 0.25) is 5.02 Å². The number of fused-ring (bicyclic) bond motifs is 1. The Morgan fingerprint density at radius 2 is 1.90 bits per heavy atom. The first-order valence-electron chi connectivity index (χ1n) is 10.8. The molecule has 0 aromatic heterocycles. The van der Waals surface area contributed by atoms with Crippen LogP contribution in [-0.4, -0.2) is 54.2 Å². The average Bonchev–Trinajstić information content (AvgIpc) is 2.93. The molecule has 2 amide bonds. The van der Waals surface area contributed by atoms with Gasteiger partial charge in [-0.25, -0.2) is 4.79 Å². The molecule has 4 rings (SSSR count). The summed E-state index contributed by atoms with van der Waals surface area (Å²) < 4.78 is 0. The van der Waals surface area contributed by atoms with E-state index in [0.29, 0.717) is 12.5 Å². The number of carbonyl (C=O) groups excluding carboxylic acids is 1. The minimum Gasteiger partial charge on any atom is -0.481 e. The van der Waals surface area contributed by atoms with E-state index in [1.807, 2.05) is 15.9 Å². The first-order chi connectivity index (χ1) is 14.0. The fourth-order valence-corrected chi connectivity index (χ4v) is 5.43. The van der Waals surface area contributed by atoms with E-state index < -0.39 is 5.97 Å². The van der Waals surface area contributed by atoms with Crippen molar-refractivity contribution in [1.82, 2.24) is 10.2 Å². The molecule has 1 aliphatic carbocycles. The quantitative estimate of drug-likeness (QED) is 0.763. The number of benzene rings is 1. The van der Waals surface area contributed by atoms with Gasteiger partial charge in [-0.1, -0.05) is 11.6 Å². The van der Waals surface area contributed by atoms with E-state index in [0.717, 1.165) is 75.3 Å². The molecular formula is C22H30ClN3O3. The summed E-state index contributed by atoms with van der Waals surface area (Å²) >= 11 is 6.58. The van der Waals surface area contributed by atoms with Gasteiger partial charge >= 0.3 is 12.0 Å². The third kappa shape index (κ3) is 4.53. The zero-order valence-corrected chi connectivity index (χ0v) is 17.6. The number of rotatable bonds is 5. The average molecular weight is 420 g/mol. The largest absolute Gasteiger partial charge is 0.481 e. The molecule has 0 unspecified atom stereocenters. The molecule has 0 spiro atoms. The van der Waals surface area contributed by atoms with Gasteiger partial charge in [0.1, 0.15) is 0 Å². The SMILES string of the molecule is O=C(O)CCC1CCC(N2CCN(c3cc(Cl)c4c(c3)CCNCC4)C2=O)CC1. The van der Waals surface area contributed by atoms with Gasteiger partial charge in [0.15, 0.2) is 0 Å². The van der Waals surface area contributed by atoms with Crippen LogP contribution in [0.15, 0.2) is 12.1 Å². The highest BCUT2D eigenvalue weighted by molar-refractivity contribution is 6.31. The second-order valence-corrected chi connectivity index (χ2v) is 8.96. The van der Waals surface area contributed by atoms with Crippen molar-refractivity contribution < 1.29 is 14.7 Å². The van der Waals surface area contributed by atoms with Crippen molar-refractivity contribution in [2.45, 2.75) is 57.4 Å². The maximum atomic E-state index is 13.2. The molecule has 0 atom stereocenters. The molecule has 1 saturated carbocycles. The smallest absolute Gasteiger partial charge is 0.324 e. The Bertz CT molecular complexity index is 777. The monoisotopic (exact) mass is 419 g/mol. The van der Waals surface area contributed by atoms with Crippen molar-refractivity contribution in [1.29, 1.82) is 0 Å². The highest BCUT2D eigenvalue weighted by Gasteiger charge is 2.36. The maximum Gasteiger partial charge on any atom is 0.324 e. The van der Waals surface area contributed by atoms with Crippen molar-refractivity contribution in [3.63, 3.8) is 0 Å². The minimum absolute atomic E-state index is 0.0850. The van der Waals surface area contributed by atoms with Crippen LogP contribution in [0.25, 0.3) is 0 Å². The lowest BCUT2D eigenvalue weighted by molar-refractivity contribution is -0.137. The number of hydrogen-bond acceptors (Lipinski definition) is 3. The topological polar surface area (TPSA) is 72.9 Å². The van der Waals surface area contributed by atoms with Crippen LogP contribution in [0.4, 0.5) is 10.5 Å². The Morgan fingerprint density at radius 3 is 2.66 bits per heavy atom. The van der Waals surface area contributed by atoms with Gasteiger partial charge in [-0.2, -0.15) is 0 Å². The van der Waals surface area contributed by atoms with Crippen LogP contribution in [0.5, 0.6) is 0 Å². The number of carbonyl (C=O) groups is 2. The lowest BCUT2D eigenvalue weighted by Crippen LogP contribution is -2.41. The molecule has 2 aliphatic heterocycles. The lowest BCUT2D eigenvalue weighted by Gasteiger charge is -2.34. The molecule has 1 aromatic carbocycles. The Balaban J connectivity index is 1.40. The summed E-state index contributed by atoms with van der Waals surface area (Å²) in [6.45, 7) is 3.33. The van der Waals surface area contributed by atoms with Crippen LogP contribution in [-0.2, 0) is 17.6 Å². The summed E-state index contributed by atoms with van der Waals surface area (Å²) in [5, 5.41) is 13.1. The molecule has 158 valence electrons. The van der Waals surface area contributed by atoms with Gasteiger partial charge in [0.05, 0.1) is 0 Å². The van der Waals surface area contributed by atoms with Gasteiger partial charge in [0.25, 0.3) is 0 Å². The molecule has 1 saturated heterocycles. The van der Waals surface area contributed by atoms with E-state index in [9.17, 15) is 9.59 Å². The van der Waals surface area contributed by atoms with E-state index in [2.05, 4.69) is 11.4 Å². The number of nitrogens with one attached hydrogen (secondary N) is 1. The minimum atomic E-state index is -0.715. The van der Waals surface area contributed by atoms with E-state index in [1.54, 1.807) is 0 Å². The zero-order valence-electron chi connectivity index (χ0n) is 16.8. The van der Waals surface area contributed by atoms with E-state index in [-0.39, 0.29) is 18.5 Å². The van der Waals surface area contributed by atoms with Crippen molar-refractivity contribution in [3.05, 3.63) is 28.3 Å². The Hall–Kier alpha value is -1.79. The first kappa shape index (κ1) is 20.5. The standard InChI is InChI=1S/C22H30ClN3O3/c23-20-14-18(13-16-7-9-24-10-8-19(16)20)26-12-11-25(22(26)29)17-4-1-15(2-5-17)3-6-21(27)28/h13-15,17,24H,1-12H2,(H,27,28). The van der Waals surface area contributed by atoms with Crippen molar-refractivity contribution in [2.24, 2.45) is 5.92 Å². The number of amides is 2. The van der Waals surface area contributed by atoms with Crippen molar-refractivity contribution in [3.8, 4) is 0 Å². The highest BCUT2D eigenvalue weighted by Crippen LogP contribution is 2.35. The summed E-state index contributed by atoms with van der Waals surface area (Å²) in [6.07, 6.45) is 6.85. The second-order valence-electron chi connectivity index (χ2n) is 8.55. The van der Waals surface area contributed by atoms with Gasteiger partial charge in [-0.05, 0) is 87.2 Å². The lowest BCUT2D eigenvalue weighted by atomic mass is 9.83. The summed E-state index contributed by atoms with van der Waals surface area (Å²) in [7, 11) is 0. The molecule has 6 nitrogen and oxygen atoms in total. The van der Waals surface area contributed by atoms with E-state index in [4.69, 9.17) is 16.7 Å². The third-order valence-electron chi connectivity index (χ3n) is 6.77. The zero-order chi connectivity index (χ0) is 20.4. The number of carboxylic acid groups (broad SMARTS) is 1. The summed E-state index contributed by atoms with van der Waals surface area (Å²) in [6, 6.07) is 4.46. The van der Waals surface area contributed by atoms with Gasteiger partial charge in [0.2, 0.25) is 0 Å². The molecule has 29 heavy (non-hydrogen) atoms. The number of carboxylic acids is 1. The number of anilines is 1. The molecule has 2 fully saturated rings. The van der Waals surface area contributed by atoms with Crippen LogP contribution in [0.3, 0.4) is 0 Å². The number of aliphatic carboxylic acids is 1. The van der Waals surface area contributed by atoms with Gasteiger partial charge in [-0.3, -0.25) is 9.69 Å². The van der Waals surface area contributed by atoms with E-state index >= 15 is 0 Å². The third-order valence-corrected chi connectivity index (χ3v) is 7.11.